The zero-order valence-electron chi connectivity index (χ0n) is 45.3. The van der Waals surface area contributed by atoms with Gasteiger partial charge in [0.2, 0.25) is 0 Å². The fraction of sp³-hybridized carbons (Fsp3) is 0.750. The summed E-state index contributed by atoms with van der Waals surface area (Å²) in [5.74, 6) is 2.48. The summed E-state index contributed by atoms with van der Waals surface area (Å²) in [6.45, 7) is 15.7. The molecule has 8 atom stereocenters. The predicted molar refractivity (Wildman–Crippen MR) is 270 cm³/mol. The first kappa shape index (κ1) is 60.5. The van der Waals surface area contributed by atoms with E-state index in [0.29, 0.717) is 61.2 Å². The summed E-state index contributed by atoms with van der Waals surface area (Å²) in [4.78, 5) is 17.2. The SMILES string of the molecule is COCC(COC)n1c(CS(=O)(=O)[C@@H](C)[C@@H](OC(C)C)c2ncc(OC)cn2)nnc1[C@@H]1CC[C@H](C)O1.COCC(COC)n1c(CS(=O)(=O)[C@@H](C)[C@@H](OC(C)C)c2ncc(OC)cn2)nnc1[C@H]1CC[C@@H](C)O1. The molecule has 2 aliphatic heterocycles. The molecule has 0 amide bonds. The molecule has 0 aromatic carbocycles. The molecular weight excluding hydrogens is 1000 g/mol. The van der Waals surface area contributed by atoms with Crippen molar-refractivity contribution in [1.29, 1.82) is 0 Å². The molecule has 0 unspecified atom stereocenters. The number of ether oxygens (including phenoxy) is 10. The van der Waals surface area contributed by atoms with Crippen molar-refractivity contribution in [2.75, 3.05) is 69.1 Å². The number of aromatic nitrogens is 10. The van der Waals surface area contributed by atoms with Gasteiger partial charge >= 0.3 is 0 Å². The van der Waals surface area contributed by atoms with Crippen LogP contribution < -0.4 is 9.47 Å². The Hall–Kier alpha value is -4.38. The van der Waals surface area contributed by atoms with Gasteiger partial charge in [-0.2, -0.15) is 0 Å². The van der Waals surface area contributed by atoms with Gasteiger partial charge in [-0.15, -0.1) is 20.4 Å². The Labute approximate surface area is 436 Å². The molecule has 0 spiro atoms. The average molecular weight is 1080 g/mol. The Morgan fingerprint density at radius 2 is 0.851 bits per heavy atom. The van der Waals surface area contributed by atoms with Crippen LogP contribution in [0.15, 0.2) is 24.8 Å². The highest BCUT2D eigenvalue weighted by Gasteiger charge is 2.40. The van der Waals surface area contributed by atoms with E-state index < -0.39 is 42.4 Å². The zero-order valence-corrected chi connectivity index (χ0v) is 46.9. The molecule has 6 heterocycles. The van der Waals surface area contributed by atoms with E-state index in [9.17, 15) is 16.8 Å². The number of methoxy groups -OCH3 is 6. The van der Waals surface area contributed by atoms with E-state index in [2.05, 4.69) is 40.3 Å². The van der Waals surface area contributed by atoms with E-state index in [1.54, 1.807) is 42.3 Å². The van der Waals surface area contributed by atoms with Crippen LogP contribution in [0.25, 0.3) is 0 Å². The standard InChI is InChI=1S/2C24H39N5O7S/c2*1-15(2)35-22(23-25-10-19(34-7)11-26-23)17(4)37(30,31)14-21-27-28-24(20-9-8-16(3)36-20)29(21)18(12-32-5)13-33-6/h2*10-11,15-18,20,22H,8-9,12-14H2,1-7H3/t16-,17+,20-,22-;16-,17-,20-,22+/m10/s1. The molecule has 0 radical (unpaired) electrons. The molecule has 4 aromatic rings. The fourth-order valence-corrected chi connectivity index (χ4v) is 11.5. The lowest BCUT2D eigenvalue weighted by Crippen LogP contribution is -2.33. The van der Waals surface area contributed by atoms with Crippen molar-refractivity contribution < 1.29 is 64.2 Å². The second kappa shape index (κ2) is 28.1. The molecule has 2 fully saturated rings. The van der Waals surface area contributed by atoms with Crippen LogP contribution in [0, 0.1) is 0 Å². The Kier molecular flexibility index (Phi) is 23.0. The van der Waals surface area contributed by atoms with Crippen LogP contribution in [0.3, 0.4) is 0 Å². The Morgan fingerprint density at radius 3 is 1.11 bits per heavy atom. The Morgan fingerprint density at radius 1 is 0.527 bits per heavy atom. The lowest BCUT2D eigenvalue weighted by Gasteiger charge is -2.26. The lowest BCUT2D eigenvalue weighted by atomic mass is 10.2. The maximum Gasteiger partial charge on any atom is 0.163 e. The van der Waals surface area contributed by atoms with Gasteiger partial charge in [-0.3, -0.25) is 0 Å². The fourth-order valence-electron chi connectivity index (χ4n) is 8.76. The van der Waals surface area contributed by atoms with Crippen molar-refractivity contribution in [3.8, 4) is 11.5 Å². The highest BCUT2D eigenvalue weighted by atomic mass is 32.2. The molecule has 416 valence electrons. The first-order chi connectivity index (χ1) is 35.2. The monoisotopic (exact) mass is 1080 g/mol. The van der Waals surface area contributed by atoms with Gasteiger partial charge in [0.05, 0.1) is 112 Å². The van der Waals surface area contributed by atoms with Crippen LogP contribution in [0.4, 0.5) is 0 Å². The quantitative estimate of drug-likeness (QED) is 0.0703. The Balaban J connectivity index is 0.000000274. The van der Waals surface area contributed by atoms with Gasteiger partial charge in [0.25, 0.3) is 0 Å². The van der Waals surface area contributed by atoms with Gasteiger partial charge in [0, 0.05) is 28.4 Å². The number of hydrogen-bond donors (Lipinski definition) is 0. The molecule has 0 saturated carbocycles. The van der Waals surface area contributed by atoms with Gasteiger partial charge in [0.1, 0.15) is 47.6 Å². The van der Waals surface area contributed by atoms with Crippen LogP contribution in [0.1, 0.15) is 153 Å². The summed E-state index contributed by atoms with van der Waals surface area (Å²) in [5, 5.41) is 15.4. The smallest absolute Gasteiger partial charge is 0.163 e. The second-order valence-electron chi connectivity index (χ2n) is 19.0. The third kappa shape index (κ3) is 15.8. The van der Waals surface area contributed by atoms with Crippen LogP contribution in [0.2, 0.25) is 0 Å². The molecule has 0 N–H and O–H groups in total. The van der Waals surface area contributed by atoms with E-state index in [0.717, 1.165) is 25.7 Å². The van der Waals surface area contributed by atoms with Gasteiger partial charge < -0.3 is 56.5 Å². The molecule has 2 aliphatic rings. The summed E-state index contributed by atoms with van der Waals surface area (Å²) in [6.07, 6.45) is 6.61. The molecule has 0 bridgehead atoms. The summed E-state index contributed by atoms with van der Waals surface area (Å²) in [7, 11) is 1.74. The van der Waals surface area contributed by atoms with Crippen molar-refractivity contribution in [1.82, 2.24) is 49.5 Å². The molecule has 6 rings (SSSR count). The maximum atomic E-state index is 13.8. The highest BCUT2D eigenvalue weighted by molar-refractivity contribution is 7.91. The van der Waals surface area contributed by atoms with Crippen LogP contribution >= 0.6 is 0 Å². The van der Waals surface area contributed by atoms with E-state index in [1.165, 1.54) is 39.0 Å². The largest absolute Gasteiger partial charge is 0.494 e. The first-order valence-electron chi connectivity index (χ1n) is 24.8. The average Bonchev–Trinajstić information content (AvgIpc) is 4.19. The number of sulfone groups is 2. The molecule has 4 aromatic heterocycles. The minimum atomic E-state index is -3.81. The summed E-state index contributed by atoms with van der Waals surface area (Å²) < 4.78 is 115. The first-order valence-corrected chi connectivity index (χ1v) is 28.2. The minimum absolute atomic E-state index is 0.0871. The van der Waals surface area contributed by atoms with Gasteiger partial charge in [0.15, 0.2) is 54.5 Å². The van der Waals surface area contributed by atoms with E-state index in [-0.39, 0.29) is 71.9 Å². The number of hydrogen-bond acceptors (Lipinski definition) is 22. The molecule has 2 saturated heterocycles. The molecule has 0 aliphatic carbocycles. The van der Waals surface area contributed by atoms with Crippen molar-refractivity contribution >= 4 is 19.7 Å². The van der Waals surface area contributed by atoms with Gasteiger partial charge in [-0.1, -0.05) is 0 Å². The van der Waals surface area contributed by atoms with Gasteiger partial charge in [-0.25, -0.2) is 36.8 Å². The van der Waals surface area contributed by atoms with Crippen LogP contribution in [-0.2, 0) is 69.1 Å². The normalized spacial score (nSPS) is 20.0. The van der Waals surface area contributed by atoms with Crippen molar-refractivity contribution in [2.24, 2.45) is 0 Å². The predicted octanol–water partition coefficient (Wildman–Crippen LogP) is 5.24. The topological polar surface area (TPSA) is 274 Å². The van der Waals surface area contributed by atoms with Gasteiger partial charge in [-0.05, 0) is 81.1 Å². The minimum Gasteiger partial charge on any atom is -0.494 e. The summed E-state index contributed by atoms with van der Waals surface area (Å²) in [6, 6.07) is -0.653. The number of rotatable bonds is 28. The lowest BCUT2D eigenvalue weighted by molar-refractivity contribution is 0.00114. The summed E-state index contributed by atoms with van der Waals surface area (Å²) >= 11 is 0. The second-order valence-corrected chi connectivity index (χ2v) is 23.8. The van der Waals surface area contributed by atoms with Crippen LogP contribution in [0.5, 0.6) is 11.5 Å². The molecular formula is C48H78N10O14S2. The summed E-state index contributed by atoms with van der Waals surface area (Å²) in [5.41, 5.74) is 0. The highest BCUT2D eigenvalue weighted by Crippen LogP contribution is 2.37. The van der Waals surface area contributed by atoms with Crippen molar-refractivity contribution in [3.63, 3.8) is 0 Å². The van der Waals surface area contributed by atoms with E-state index >= 15 is 0 Å². The third-order valence-electron chi connectivity index (χ3n) is 12.6. The third-order valence-corrected chi connectivity index (χ3v) is 16.6. The van der Waals surface area contributed by atoms with E-state index in [1.807, 2.05) is 50.7 Å². The van der Waals surface area contributed by atoms with Crippen LogP contribution in [-0.4, -0.2) is 170 Å². The Bertz CT molecular complexity index is 2350. The molecule has 74 heavy (non-hydrogen) atoms. The molecule has 24 nitrogen and oxygen atoms in total. The molecule has 26 heteroatoms. The zero-order chi connectivity index (χ0) is 54.3. The van der Waals surface area contributed by atoms with E-state index in [4.69, 9.17) is 47.4 Å². The van der Waals surface area contributed by atoms with Crippen molar-refractivity contribution in [2.45, 2.75) is 164 Å². The van der Waals surface area contributed by atoms with Crippen molar-refractivity contribution in [3.05, 3.63) is 59.7 Å². The number of nitrogens with zero attached hydrogens (tertiary/aromatic N) is 10. The maximum absolute atomic E-state index is 13.8.